The van der Waals surface area contributed by atoms with Gasteiger partial charge >= 0.3 is 0 Å². The van der Waals surface area contributed by atoms with E-state index in [1.807, 2.05) is 40.3 Å². The fourth-order valence-corrected chi connectivity index (χ4v) is 3.05. The summed E-state index contributed by atoms with van der Waals surface area (Å²) in [6, 6.07) is 4.01. The van der Waals surface area contributed by atoms with Gasteiger partial charge in [0.2, 0.25) is 5.91 Å². The summed E-state index contributed by atoms with van der Waals surface area (Å²) in [6.45, 7) is 1.80. The van der Waals surface area contributed by atoms with Gasteiger partial charge in [0, 0.05) is 29.3 Å². The van der Waals surface area contributed by atoms with Crippen molar-refractivity contribution in [2.24, 2.45) is 0 Å². The predicted molar refractivity (Wildman–Crippen MR) is 71.9 cm³/mol. The lowest BCUT2D eigenvalue weighted by Gasteiger charge is -2.13. The van der Waals surface area contributed by atoms with Crippen molar-refractivity contribution >= 4 is 35.1 Å². The first kappa shape index (κ1) is 11.7. The maximum atomic E-state index is 11.8. The van der Waals surface area contributed by atoms with E-state index in [9.17, 15) is 4.79 Å². The molecule has 2 rings (SSSR count). The van der Waals surface area contributed by atoms with Crippen LogP contribution in [0.25, 0.3) is 6.08 Å². The van der Waals surface area contributed by atoms with Gasteiger partial charge in [0.25, 0.3) is 0 Å². The second-order valence-corrected chi connectivity index (χ2v) is 5.90. The van der Waals surface area contributed by atoms with Crippen molar-refractivity contribution < 1.29 is 4.79 Å². The zero-order valence-corrected chi connectivity index (χ0v) is 10.9. The molecule has 0 radical (unpaired) electrons. The Morgan fingerprint density at radius 1 is 1.69 bits per heavy atom. The van der Waals surface area contributed by atoms with Gasteiger partial charge in [-0.05, 0) is 30.2 Å². The number of nitrogens with zero attached hydrogens (tertiary/aromatic N) is 1. The van der Waals surface area contributed by atoms with E-state index >= 15 is 0 Å². The number of amides is 1. The summed E-state index contributed by atoms with van der Waals surface area (Å²) in [5.74, 6) is 0.143. The van der Waals surface area contributed by atoms with Gasteiger partial charge in [0.1, 0.15) is 0 Å². The third kappa shape index (κ3) is 2.89. The molecule has 1 amide bonds. The van der Waals surface area contributed by atoms with E-state index in [0.29, 0.717) is 5.25 Å². The molecule has 0 aromatic carbocycles. The second kappa shape index (κ2) is 5.55. The van der Waals surface area contributed by atoms with E-state index in [0.717, 1.165) is 24.4 Å². The van der Waals surface area contributed by atoms with Crippen LogP contribution in [-0.4, -0.2) is 35.4 Å². The van der Waals surface area contributed by atoms with E-state index in [4.69, 9.17) is 0 Å². The maximum absolute atomic E-state index is 11.8. The van der Waals surface area contributed by atoms with Crippen molar-refractivity contribution in [2.45, 2.75) is 11.7 Å². The van der Waals surface area contributed by atoms with E-state index in [-0.39, 0.29) is 5.91 Å². The minimum Gasteiger partial charge on any atom is -0.338 e. The SMILES string of the molecule is CS[C@@H]1CCN(C(=O)/C=C/c2cccs2)C1. The van der Waals surface area contributed by atoms with Crippen LogP contribution >= 0.6 is 23.1 Å². The quantitative estimate of drug-likeness (QED) is 0.772. The highest BCUT2D eigenvalue weighted by atomic mass is 32.2. The average molecular weight is 253 g/mol. The normalized spacial score (nSPS) is 20.8. The molecule has 0 saturated carbocycles. The molecule has 16 heavy (non-hydrogen) atoms. The summed E-state index contributed by atoms with van der Waals surface area (Å²) in [4.78, 5) is 14.9. The van der Waals surface area contributed by atoms with E-state index in [1.165, 1.54) is 0 Å². The highest BCUT2D eigenvalue weighted by Gasteiger charge is 2.23. The van der Waals surface area contributed by atoms with Crippen LogP contribution in [0.5, 0.6) is 0 Å². The summed E-state index contributed by atoms with van der Waals surface area (Å²) in [7, 11) is 0. The lowest BCUT2D eigenvalue weighted by Crippen LogP contribution is -2.27. The fraction of sp³-hybridized carbons (Fsp3) is 0.417. The summed E-state index contributed by atoms with van der Waals surface area (Å²) in [6.07, 6.45) is 6.83. The molecule has 86 valence electrons. The average Bonchev–Trinajstić information content (AvgIpc) is 2.96. The summed E-state index contributed by atoms with van der Waals surface area (Å²) >= 11 is 3.50. The molecule has 1 fully saturated rings. The topological polar surface area (TPSA) is 20.3 Å². The predicted octanol–water partition coefficient (Wildman–Crippen LogP) is 2.73. The Morgan fingerprint density at radius 3 is 3.19 bits per heavy atom. The Balaban J connectivity index is 1.89. The molecule has 0 N–H and O–H groups in total. The van der Waals surface area contributed by atoms with Gasteiger partial charge in [0.05, 0.1) is 0 Å². The van der Waals surface area contributed by atoms with Crippen molar-refractivity contribution in [3.63, 3.8) is 0 Å². The highest BCUT2D eigenvalue weighted by Crippen LogP contribution is 2.20. The molecule has 0 aliphatic carbocycles. The van der Waals surface area contributed by atoms with Crippen LogP contribution in [0.15, 0.2) is 23.6 Å². The number of hydrogen-bond donors (Lipinski definition) is 0. The molecule has 1 saturated heterocycles. The largest absolute Gasteiger partial charge is 0.338 e. The van der Waals surface area contributed by atoms with Crippen LogP contribution in [0, 0.1) is 0 Å². The maximum Gasteiger partial charge on any atom is 0.246 e. The van der Waals surface area contributed by atoms with Crippen molar-refractivity contribution in [3.05, 3.63) is 28.5 Å². The van der Waals surface area contributed by atoms with Gasteiger partial charge in [-0.15, -0.1) is 11.3 Å². The molecule has 2 heterocycles. The highest BCUT2D eigenvalue weighted by molar-refractivity contribution is 7.99. The van der Waals surface area contributed by atoms with Crippen LogP contribution in [0.1, 0.15) is 11.3 Å². The first-order chi connectivity index (χ1) is 7.79. The Morgan fingerprint density at radius 2 is 2.56 bits per heavy atom. The fourth-order valence-electron chi connectivity index (χ4n) is 1.77. The Bertz CT molecular complexity index is 372. The summed E-state index contributed by atoms with van der Waals surface area (Å²) in [5.41, 5.74) is 0. The van der Waals surface area contributed by atoms with Crippen LogP contribution < -0.4 is 0 Å². The van der Waals surface area contributed by atoms with E-state index < -0.39 is 0 Å². The van der Waals surface area contributed by atoms with Gasteiger partial charge in [-0.25, -0.2) is 0 Å². The summed E-state index contributed by atoms with van der Waals surface area (Å²) < 4.78 is 0. The second-order valence-electron chi connectivity index (χ2n) is 3.78. The van der Waals surface area contributed by atoms with Crippen LogP contribution in [-0.2, 0) is 4.79 Å². The third-order valence-corrected chi connectivity index (χ3v) is 4.61. The molecule has 4 heteroatoms. The number of carbonyl (C=O) groups is 1. The van der Waals surface area contributed by atoms with Gasteiger partial charge in [-0.3, -0.25) is 4.79 Å². The van der Waals surface area contributed by atoms with Crippen molar-refractivity contribution in [2.75, 3.05) is 19.3 Å². The summed E-state index contributed by atoms with van der Waals surface area (Å²) in [5, 5.41) is 2.64. The van der Waals surface area contributed by atoms with Gasteiger partial charge in [-0.1, -0.05) is 6.07 Å². The molecular formula is C12H15NOS2. The zero-order valence-electron chi connectivity index (χ0n) is 9.26. The standard InChI is InChI=1S/C12H15NOS2/c1-15-11-6-7-13(9-11)12(14)5-4-10-3-2-8-16-10/h2-5,8,11H,6-7,9H2,1H3/b5-4+/t11-/m1/s1. The number of rotatable bonds is 3. The number of thiophene rings is 1. The van der Waals surface area contributed by atoms with Gasteiger partial charge < -0.3 is 4.90 Å². The first-order valence-electron chi connectivity index (χ1n) is 5.33. The van der Waals surface area contributed by atoms with E-state index in [1.54, 1.807) is 17.4 Å². The monoisotopic (exact) mass is 253 g/mol. The molecule has 2 nitrogen and oxygen atoms in total. The third-order valence-electron chi connectivity index (χ3n) is 2.72. The lowest BCUT2D eigenvalue weighted by atomic mass is 10.4. The smallest absolute Gasteiger partial charge is 0.246 e. The molecule has 1 atom stereocenters. The zero-order chi connectivity index (χ0) is 11.4. The minimum absolute atomic E-state index is 0.143. The van der Waals surface area contributed by atoms with Crippen LogP contribution in [0.3, 0.4) is 0 Å². The van der Waals surface area contributed by atoms with Gasteiger partial charge in [0.15, 0.2) is 0 Å². The molecule has 1 aliphatic rings. The number of thioether (sulfide) groups is 1. The van der Waals surface area contributed by atoms with Crippen molar-refractivity contribution in [1.82, 2.24) is 4.90 Å². The van der Waals surface area contributed by atoms with Gasteiger partial charge in [-0.2, -0.15) is 11.8 Å². The van der Waals surface area contributed by atoms with Crippen molar-refractivity contribution in [3.8, 4) is 0 Å². The first-order valence-corrected chi connectivity index (χ1v) is 7.49. The Hall–Kier alpha value is -0.740. The molecule has 1 aromatic rings. The number of likely N-dealkylation sites (tertiary alicyclic amines) is 1. The molecule has 0 bridgehead atoms. The van der Waals surface area contributed by atoms with Crippen molar-refractivity contribution in [1.29, 1.82) is 0 Å². The molecular weight excluding hydrogens is 238 g/mol. The minimum atomic E-state index is 0.143. The van der Waals surface area contributed by atoms with E-state index in [2.05, 4.69) is 6.26 Å². The molecule has 0 spiro atoms. The Labute approximate surface area is 104 Å². The Kier molecular flexibility index (Phi) is 4.07. The lowest BCUT2D eigenvalue weighted by molar-refractivity contribution is -0.124. The molecule has 1 aromatic heterocycles. The molecule has 1 aliphatic heterocycles. The number of carbonyl (C=O) groups excluding carboxylic acids is 1. The van der Waals surface area contributed by atoms with Crippen LogP contribution in [0.4, 0.5) is 0 Å². The number of hydrogen-bond acceptors (Lipinski definition) is 3. The van der Waals surface area contributed by atoms with Crippen LogP contribution in [0.2, 0.25) is 0 Å². The molecule has 0 unspecified atom stereocenters.